The first-order valence-electron chi connectivity index (χ1n) is 16.0. The van der Waals surface area contributed by atoms with Crippen LogP contribution in [-0.2, 0) is 0 Å². The quantitative estimate of drug-likeness (QED) is 0.182. The second kappa shape index (κ2) is 9.76. The Kier molecular flexibility index (Phi) is 5.38. The molecule has 0 N–H and O–H groups in total. The number of benzene rings is 9. The molecule has 0 saturated carbocycles. The van der Waals surface area contributed by atoms with Gasteiger partial charge in [0.15, 0.2) is 0 Å². The second-order valence-corrected chi connectivity index (χ2v) is 12.5. The summed E-state index contributed by atoms with van der Waals surface area (Å²) in [5.41, 5.74) is 12.9. The molecular formula is C46H28. The molecule has 0 fully saturated rings. The molecule has 0 unspecified atom stereocenters. The first-order valence-corrected chi connectivity index (χ1v) is 16.0. The highest BCUT2D eigenvalue weighted by atomic mass is 14.2. The first-order chi connectivity index (χ1) is 22.8. The van der Waals surface area contributed by atoms with E-state index in [1.807, 2.05) is 0 Å². The molecular weight excluding hydrogens is 553 g/mol. The van der Waals surface area contributed by atoms with Crippen molar-refractivity contribution < 1.29 is 0 Å². The van der Waals surface area contributed by atoms with Gasteiger partial charge in [0.05, 0.1) is 0 Å². The van der Waals surface area contributed by atoms with E-state index in [1.165, 1.54) is 98.7 Å². The van der Waals surface area contributed by atoms with Gasteiger partial charge in [-0.2, -0.15) is 0 Å². The van der Waals surface area contributed by atoms with E-state index in [0.717, 1.165) is 0 Å². The van der Waals surface area contributed by atoms with Crippen molar-refractivity contribution in [3.63, 3.8) is 0 Å². The molecule has 0 saturated heterocycles. The third kappa shape index (κ3) is 3.74. The van der Waals surface area contributed by atoms with Gasteiger partial charge in [-0.15, -0.1) is 0 Å². The molecule has 10 rings (SSSR count). The summed E-state index contributed by atoms with van der Waals surface area (Å²) in [5.74, 6) is 0. The van der Waals surface area contributed by atoms with Gasteiger partial charge in [-0.3, -0.25) is 0 Å². The average molecular weight is 581 g/mol. The van der Waals surface area contributed by atoms with Gasteiger partial charge in [0.1, 0.15) is 0 Å². The fraction of sp³-hybridized carbons (Fsp3) is 0. The lowest BCUT2D eigenvalue weighted by molar-refractivity contribution is 1.62. The van der Waals surface area contributed by atoms with Gasteiger partial charge in [-0.05, 0) is 123 Å². The van der Waals surface area contributed by atoms with Gasteiger partial charge in [0, 0.05) is 0 Å². The summed E-state index contributed by atoms with van der Waals surface area (Å²) < 4.78 is 0. The van der Waals surface area contributed by atoms with Crippen LogP contribution in [0.2, 0.25) is 0 Å². The Hall–Kier alpha value is -5.98. The summed E-state index contributed by atoms with van der Waals surface area (Å²) in [6.45, 7) is 0. The fourth-order valence-corrected chi connectivity index (χ4v) is 7.81. The van der Waals surface area contributed by atoms with Crippen LogP contribution in [0.4, 0.5) is 0 Å². The molecule has 0 atom stereocenters. The van der Waals surface area contributed by atoms with Gasteiger partial charge in [-0.1, -0.05) is 146 Å². The minimum Gasteiger partial charge on any atom is -0.0616 e. The van der Waals surface area contributed by atoms with Crippen LogP contribution in [0.3, 0.4) is 0 Å². The Morgan fingerprint density at radius 3 is 1.65 bits per heavy atom. The van der Waals surface area contributed by atoms with Crippen molar-refractivity contribution in [3.05, 3.63) is 170 Å². The van der Waals surface area contributed by atoms with Gasteiger partial charge < -0.3 is 0 Å². The molecule has 1 aliphatic carbocycles. The molecule has 9 aromatic carbocycles. The van der Waals surface area contributed by atoms with Crippen molar-refractivity contribution in [3.8, 4) is 55.6 Å². The van der Waals surface area contributed by atoms with Crippen molar-refractivity contribution in [1.82, 2.24) is 0 Å². The first kappa shape index (κ1) is 25.4. The Balaban J connectivity index is 1.09. The summed E-state index contributed by atoms with van der Waals surface area (Å²) in [7, 11) is 0. The van der Waals surface area contributed by atoms with Gasteiger partial charge in [0.25, 0.3) is 0 Å². The Morgan fingerprint density at radius 1 is 0.217 bits per heavy atom. The van der Waals surface area contributed by atoms with Crippen molar-refractivity contribution >= 4 is 43.1 Å². The summed E-state index contributed by atoms with van der Waals surface area (Å²) in [4.78, 5) is 0. The topological polar surface area (TPSA) is 0 Å². The maximum atomic E-state index is 2.37. The maximum Gasteiger partial charge on any atom is -0.00201 e. The fourth-order valence-electron chi connectivity index (χ4n) is 7.81. The lowest BCUT2D eigenvalue weighted by atomic mass is 9.91. The average Bonchev–Trinajstić information content (AvgIpc) is 3.46. The van der Waals surface area contributed by atoms with Crippen LogP contribution < -0.4 is 0 Å². The minimum absolute atomic E-state index is 1.23. The third-order valence-corrected chi connectivity index (χ3v) is 9.97. The molecule has 0 heterocycles. The highest BCUT2D eigenvalue weighted by molar-refractivity contribution is 6.19. The predicted octanol–water partition coefficient (Wildman–Crippen LogP) is 12.9. The number of rotatable bonds is 3. The molecule has 0 nitrogen and oxygen atoms in total. The zero-order chi connectivity index (χ0) is 30.2. The standard InChI is InChI=1S/C46H28/c1-2-12-36-33(9-1)28-45(41-16-6-3-13-38(36)41)32-11-7-10-30(25-32)31-21-19-29-20-22-34(27-35(29)26-31)37-23-24-44-40-15-5-4-14-39(40)43-18-8-17-42(37)46(43)44/h1-28H. The van der Waals surface area contributed by atoms with Crippen molar-refractivity contribution in [2.75, 3.05) is 0 Å². The summed E-state index contributed by atoms with van der Waals surface area (Å²) in [5, 5.41) is 10.3. The molecule has 0 aliphatic heterocycles. The molecule has 46 heavy (non-hydrogen) atoms. The van der Waals surface area contributed by atoms with Gasteiger partial charge in [0.2, 0.25) is 0 Å². The lowest BCUT2D eigenvalue weighted by Gasteiger charge is -2.13. The second-order valence-electron chi connectivity index (χ2n) is 12.5. The maximum absolute atomic E-state index is 2.37. The van der Waals surface area contributed by atoms with E-state index in [1.54, 1.807) is 0 Å². The van der Waals surface area contributed by atoms with Crippen molar-refractivity contribution in [2.45, 2.75) is 0 Å². The Bertz CT molecular complexity index is 2660. The molecule has 0 heteroatoms. The van der Waals surface area contributed by atoms with Crippen molar-refractivity contribution in [1.29, 1.82) is 0 Å². The predicted molar refractivity (Wildman–Crippen MR) is 197 cm³/mol. The summed E-state index contributed by atoms with van der Waals surface area (Å²) in [6.07, 6.45) is 0. The van der Waals surface area contributed by atoms with Gasteiger partial charge in [-0.25, -0.2) is 0 Å². The highest BCUT2D eigenvalue weighted by Crippen LogP contribution is 2.49. The van der Waals surface area contributed by atoms with Crippen LogP contribution in [0.1, 0.15) is 0 Å². The van der Waals surface area contributed by atoms with Crippen LogP contribution in [0, 0.1) is 0 Å². The van der Waals surface area contributed by atoms with E-state index in [4.69, 9.17) is 0 Å². The van der Waals surface area contributed by atoms with Crippen LogP contribution in [-0.4, -0.2) is 0 Å². The molecule has 9 aromatic rings. The number of hydrogen-bond acceptors (Lipinski definition) is 0. The number of fused-ring (bicyclic) bond motifs is 7. The summed E-state index contributed by atoms with van der Waals surface area (Å²) in [6, 6.07) is 62.8. The smallest absolute Gasteiger partial charge is 0.00201 e. The third-order valence-electron chi connectivity index (χ3n) is 9.97. The summed E-state index contributed by atoms with van der Waals surface area (Å²) >= 11 is 0. The van der Waals surface area contributed by atoms with Crippen LogP contribution >= 0.6 is 0 Å². The normalized spacial score (nSPS) is 11.9. The van der Waals surface area contributed by atoms with Gasteiger partial charge >= 0.3 is 0 Å². The van der Waals surface area contributed by atoms with Crippen molar-refractivity contribution in [2.24, 2.45) is 0 Å². The molecule has 0 amide bonds. The molecule has 1 aliphatic rings. The SMILES string of the molecule is c1cc(-c2ccc3ccc(-c4ccc5c6c(cccc46)-c4ccccc4-5)cc3c2)cc(-c2cc3ccccc3c3ccccc23)c1. The van der Waals surface area contributed by atoms with E-state index in [2.05, 4.69) is 170 Å². The van der Waals surface area contributed by atoms with Crippen LogP contribution in [0.25, 0.3) is 98.7 Å². The van der Waals surface area contributed by atoms with E-state index < -0.39 is 0 Å². The largest absolute Gasteiger partial charge is 0.0616 e. The zero-order valence-electron chi connectivity index (χ0n) is 25.2. The monoisotopic (exact) mass is 580 g/mol. The van der Waals surface area contributed by atoms with Crippen LogP contribution in [0.15, 0.2) is 170 Å². The Morgan fingerprint density at radius 2 is 0.783 bits per heavy atom. The Labute approximate surface area is 267 Å². The van der Waals surface area contributed by atoms with E-state index in [9.17, 15) is 0 Å². The van der Waals surface area contributed by atoms with Crippen LogP contribution in [0.5, 0.6) is 0 Å². The van der Waals surface area contributed by atoms with E-state index in [0.29, 0.717) is 0 Å². The number of hydrogen-bond donors (Lipinski definition) is 0. The minimum atomic E-state index is 1.23. The zero-order valence-corrected chi connectivity index (χ0v) is 25.2. The lowest BCUT2D eigenvalue weighted by Crippen LogP contribution is -1.87. The highest BCUT2D eigenvalue weighted by Gasteiger charge is 2.22. The molecule has 0 spiro atoms. The van der Waals surface area contributed by atoms with E-state index >= 15 is 0 Å². The molecule has 212 valence electrons. The van der Waals surface area contributed by atoms with E-state index in [-0.39, 0.29) is 0 Å². The molecule has 0 bridgehead atoms. The molecule has 0 aromatic heterocycles. The molecule has 0 radical (unpaired) electrons.